The molecule has 20 heavy (non-hydrogen) atoms. The molecule has 0 fully saturated rings. The van der Waals surface area contributed by atoms with E-state index in [2.05, 4.69) is 22.0 Å². The van der Waals surface area contributed by atoms with Crippen molar-refractivity contribution in [1.29, 1.82) is 0 Å². The summed E-state index contributed by atoms with van der Waals surface area (Å²) in [7, 11) is 0. The Morgan fingerprint density at radius 1 is 1.35 bits per heavy atom. The number of hydrogen-bond acceptors (Lipinski definition) is 5. The van der Waals surface area contributed by atoms with Crippen molar-refractivity contribution in [3.05, 3.63) is 23.4 Å². The van der Waals surface area contributed by atoms with Crippen LogP contribution in [0.4, 0.5) is 5.82 Å². The summed E-state index contributed by atoms with van der Waals surface area (Å²) in [5.41, 5.74) is 3.95. The number of aryl methyl sites for hydroxylation is 1. The van der Waals surface area contributed by atoms with Crippen molar-refractivity contribution < 1.29 is 4.79 Å². The first kappa shape index (κ1) is 16.8. The second kappa shape index (κ2) is 9.61. The van der Waals surface area contributed by atoms with E-state index < -0.39 is 0 Å². The Hall–Kier alpha value is -1.27. The van der Waals surface area contributed by atoms with Gasteiger partial charge in [-0.2, -0.15) is 11.8 Å². The van der Waals surface area contributed by atoms with Gasteiger partial charge in [0.2, 0.25) is 0 Å². The van der Waals surface area contributed by atoms with E-state index in [-0.39, 0.29) is 5.91 Å². The molecule has 0 aliphatic heterocycles. The summed E-state index contributed by atoms with van der Waals surface area (Å²) in [4.78, 5) is 16.3. The van der Waals surface area contributed by atoms with E-state index in [9.17, 15) is 4.79 Å². The Kier molecular flexibility index (Phi) is 8.06. The van der Waals surface area contributed by atoms with Crippen molar-refractivity contribution in [2.75, 3.05) is 24.0 Å². The molecule has 6 heteroatoms. The maximum absolute atomic E-state index is 12.1. The first-order valence-corrected chi connectivity index (χ1v) is 8.35. The Morgan fingerprint density at radius 3 is 2.80 bits per heavy atom. The SMILES string of the molecule is CCc1cc(C(=O)NCCCCCSC)cc(NN)n1. The van der Waals surface area contributed by atoms with Crippen LogP contribution in [-0.4, -0.2) is 29.4 Å². The predicted octanol–water partition coefficient (Wildman–Crippen LogP) is 2.19. The first-order chi connectivity index (χ1) is 9.71. The highest BCUT2D eigenvalue weighted by Gasteiger charge is 2.08. The lowest BCUT2D eigenvalue weighted by atomic mass is 10.1. The summed E-state index contributed by atoms with van der Waals surface area (Å²) >= 11 is 1.86. The molecule has 4 N–H and O–H groups in total. The molecule has 0 unspecified atom stereocenters. The minimum atomic E-state index is -0.0662. The van der Waals surface area contributed by atoms with Gasteiger partial charge >= 0.3 is 0 Å². The molecule has 5 nitrogen and oxygen atoms in total. The van der Waals surface area contributed by atoms with E-state index in [4.69, 9.17) is 5.84 Å². The van der Waals surface area contributed by atoms with Crippen molar-refractivity contribution >= 4 is 23.5 Å². The summed E-state index contributed by atoms with van der Waals surface area (Å²) in [5.74, 6) is 7.01. The standard InChI is InChI=1S/C14H24N4OS/c1-3-12-9-11(10-13(17-12)18-15)14(19)16-7-5-4-6-8-20-2/h9-10H,3-8,15H2,1-2H3,(H,16,19)(H,17,18). The molecule has 0 radical (unpaired) electrons. The molecule has 0 saturated heterocycles. The molecule has 1 heterocycles. The van der Waals surface area contributed by atoms with Crippen LogP contribution in [0.1, 0.15) is 42.2 Å². The zero-order valence-electron chi connectivity index (χ0n) is 12.2. The van der Waals surface area contributed by atoms with Crippen LogP contribution >= 0.6 is 11.8 Å². The smallest absolute Gasteiger partial charge is 0.251 e. The molecule has 0 saturated carbocycles. The molecule has 0 atom stereocenters. The number of carbonyl (C=O) groups is 1. The number of hydrogen-bond donors (Lipinski definition) is 3. The summed E-state index contributed by atoms with van der Waals surface area (Å²) in [6.45, 7) is 2.71. The lowest BCUT2D eigenvalue weighted by Crippen LogP contribution is -2.25. The van der Waals surface area contributed by atoms with Crippen molar-refractivity contribution in [2.45, 2.75) is 32.6 Å². The number of unbranched alkanes of at least 4 members (excludes halogenated alkanes) is 2. The van der Waals surface area contributed by atoms with Crippen LogP contribution in [0.25, 0.3) is 0 Å². The van der Waals surface area contributed by atoms with Gasteiger partial charge in [-0.3, -0.25) is 4.79 Å². The van der Waals surface area contributed by atoms with Gasteiger partial charge in [-0.1, -0.05) is 13.3 Å². The fraction of sp³-hybridized carbons (Fsp3) is 0.571. The molecular weight excluding hydrogens is 272 g/mol. The molecule has 0 aromatic carbocycles. The third-order valence-corrected chi connectivity index (χ3v) is 3.66. The number of nitrogens with two attached hydrogens (primary N) is 1. The van der Waals surface area contributed by atoms with Crippen LogP contribution in [0.15, 0.2) is 12.1 Å². The fourth-order valence-electron chi connectivity index (χ4n) is 1.83. The summed E-state index contributed by atoms with van der Waals surface area (Å²) in [6, 6.07) is 3.48. The minimum Gasteiger partial charge on any atom is -0.352 e. The molecular formula is C14H24N4OS. The lowest BCUT2D eigenvalue weighted by molar-refractivity contribution is 0.0953. The molecule has 0 aliphatic carbocycles. The van der Waals surface area contributed by atoms with Gasteiger partial charge in [-0.25, -0.2) is 10.8 Å². The van der Waals surface area contributed by atoms with Gasteiger partial charge in [0.05, 0.1) is 0 Å². The average Bonchev–Trinajstić information content (AvgIpc) is 2.49. The summed E-state index contributed by atoms with van der Waals surface area (Å²) < 4.78 is 0. The molecule has 1 rings (SSSR count). The number of rotatable bonds is 9. The second-order valence-corrected chi connectivity index (χ2v) is 5.53. The van der Waals surface area contributed by atoms with E-state index >= 15 is 0 Å². The van der Waals surface area contributed by atoms with Crippen molar-refractivity contribution in [3.63, 3.8) is 0 Å². The van der Waals surface area contributed by atoms with Crippen molar-refractivity contribution in [2.24, 2.45) is 5.84 Å². The highest BCUT2D eigenvalue weighted by Crippen LogP contribution is 2.10. The Bertz CT molecular complexity index is 403. The third kappa shape index (κ3) is 5.79. The van der Waals surface area contributed by atoms with Gasteiger partial charge in [-0.15, -0.1) is 0 Å². The van der Waals surface area contributed by atoms with Crippen LogP contribution in [0.5, 0.6) is 0 Å². The van der Waals surface area contributed by atoms with E-state index in [1.807, 2.05) is 24.8 Å². The predicted molar refractivity (Wildman–Crippen MR) is 86.0 cm³/mol. The van der Waals surface area contributed by atoms with Gasteiger partial charge in [0, 0.05) is 17.8 Å². The topological polar surface area (TPSA) is 80.0 Å². The monoisotopic (exact) mass is 296 g/mol. The Labute approximate surface area is 125 Å². The average molecular weight is 296 g/mol. The second-order valence-electron chi connectivity index (χ2n) is 4.54. The number of thioether (sulfide) groups is 1. The quantitative estimate of drug-likeness (QED) is 0.370. The lowest BCUT2D eigenvalue weighted by Gasteiger charge is -2.08. The number of pyridine rings is 1. The van der Waals surface area contributed by atoms with E-state index in [1.165, 1.54) is 12.2 Å². The Balaban J connectivity index is 2.46. The van der Waals surface area contributed by atoms with Gasteiger partial charge in [0.15, 0.2) is 0 Å². The Morgan fingerprint density at radius 2 is 2.15 bits per heavy atom. The molecule has 0 aliphatic rings. The molecule has 1 amide bonds. The number of anilines is 1. The van der Waals surface area contributed by atoms with E-state index in [0.29, 0.717) is 17.9 Å². The minimum absolute atomic E-state index is 0.0662. The number of nitrogen functional groups attached to an aromatic ring is 1. The van der Waals surface area contributed by atoms with Gasteiger partial charge in [0.1, 0.15) is 5.82 Å². The number of nitrogens with one attached hydrogen (secondary N) is 2. The zero-order chi connectivity index (χ0) is 14.8. The number of carbonyl (C=O) groups excluding carboxylic acids is 1. The van der Waals surface area contributed by atoms with Crippen LogP contribution in [-0.2, 0) is 6.42 Å². The van der Waals surface area contributed by atoms with Gasteiger partial charge < -0.3 is 10.7 Å². The first-order valence-electron chi connectivity index (χ1n) is 6.96. The largest absolute Gasteiger partial charge is 0.352 e. The summed E-state index contributed by atoms with van der Waals surface area (Å²) in [5, 5.41) is 2.94. The summed E-state index contributed by atoms with van der Waals surface area (Å²) in [6.07, 6.45) is 6.24. The van der Waals surface area contributed by atoms with Crippen molar-refractivity contribution in [1.82, 2.24) is 10.3 Å². The fourth-order valence-corrected chi connectivity index (χ4v) is 2.32. The van der Waals surface area contributed by atoms with Crippen LogP contribution in [0.2, 0.25) is 0 Å². The zero-order valence-corrected chi connectivity index (χ0v) is 13.1. The third-order valence-electron chi connectivity index (χ3n) is 2.96. The van der Waals surface area contributed by atoms with Crippen LogP contribution < -0.4 is 16.6 Å². The van der Waals surface area contributed by atoms with Crippen LogP contribution in [0, 0.1) is 0 Å². The van der Waals surface area contributed by atoms with Gasteiger partial charge in [-0.05, 0) is 43.4 Å². The highest BCUT2D eigenvalue weighted by atomic mass is 32.2. The van der Waals surface area contributed by atoms with Crippen molar-refractivity contribution in [3.8, 4) is 0 Å². The maximum Gasteiger partial charge on any atom is 0.251 e. The van der Waals surface area contributed by atoms with E-state index in [1.54, 1.807) is 6.07 Å². The van der Waals surface area contributed by atoms with Gasteiger partial charge in [0.25, 0.3) is 5.91 Å². The molecule has 1 aromatic heterocycles. The highest BCUT2D eigenvalue weighted by molar-refractivity contribution is 7.98. The molecule has 112 valence electrons. The van der Waals surface area contributed by atoms with Crippen LogP contribution in [0.3, 0.4) is 0 Å². The molecule has 0 spiro atoms. The maximum atomic E-state index is 12.1. The number of aromatic nitrogens is 1. The number of amides is 1. The number of nitrogens with zero attached hydrogens (tertiary/aromatic N) is 1. The van der Waals surface area contributed by atoms with E-state index in [0.717, 1.165) is 25.0 Å². The molecule has 1 aromatic rings. The molecule has 0 bridgehead atoms. The normalized spacial score (nSPS) is 10.3. The number of hydrazine groups is 1.